The number of nitrogens with zero attached hydrogens (tertiary/aromatic N) is 2. The molecular weight excluding hydrogens is 336 g/mol. The largest absolute Gasteiger partial charge is 0.493 e. The number of benzene rings is 2. The molecule has 0 saturated carbocycles. The Bertz CT molecular complexity index is 869. The summed E-state index contributed by atoms with van der Waals surface area (Å²) in [6.45, 7) is 3.74. The normalized spacial score (nSPS) is 14.4. The zero-order chi connectivity index (χ0) is 17.2. The SMILES string of the molecule is CCOc1ccccc1C(=O)OC1CN(c2nc3ccccc3s2)C1. The third-order valence-corrected chi connectivity index (χ3v) is 5.18. The summed E-state index contributed by atoms with van der Waals surface area (Å²) < 4.78 is 12.3. The number of carbonyl (C=O) groups excluding carboxylic acids is 1. The molecule has 1 aliphatic rings. The molecule has 0 aliphatic carbocycles. The van der Waals surface area contributed by atoms with Crippen LogP contribution in [-0.4, -0.2) is 36.8 Å². The second-order valence-corrected chi connectivity index (χ2v) is 6.83. The van der Waals surface area contributed by atoms with Gasteiger partial charge in [-0.1, -0.05) is 35.6 Å². The maximum absolute atomic E-state index is 12.4. The molecule has 3 aromatic rings. The number of para-hydroxylation sites is 2. The number of hydrogen-bond donors (Lipinski definition) is 0. The Hall–Kier alpha value is -2.60. The number of anilines is 1. The van der Waals surface area contributed by atoms with Crippen LogP contribution in [-0.2, 0) is 4.74 Å². The number of hydrogen-bond acceptors (Lipinski definition) is 6. The first-order chi connectivity index (χ1) is 12.2. The van der Waals surface area contributed by atoms with E-state index in [1.54, 1.807) is 23.5 Å². The molecule has 1 aromatic heterocycles. The summed E-state index contributed by atoms with van der Waals surface area (Å²) in [6.07, 6.45) is -0.116. The summed E-state index contributed by atoms with van der Waals surface area (Å²) in [7, 11) is 0. The summed E-state index contributed by atoms with van der Waals surface area (Å²) >= 11 is 1.66. The van der Waals surface area contributed by atoms with Gasteiger partial charge in [-0.2, -0.15) is 0 Å². The van der Waals surface area contributed by atoms with E-state index in [9.17, 15) is 4.79 Å². The first-order valence-corrected chi connectivity index (χ1v) is 9.09. The first kappa shape index (κ1) is 15.9. The lowest BCUT2D eigenvalue weighted by atomic mass is 10.1. The Kier molecular flexibility index (Phi) is 4.28. The van der Waals surface area contributed by atoms with Crippen LogP contribution in [0.4, 0.5) is 5.13 Å². The van der Waals surface area contributed by atoms with Gasteiger partial charge in [0.15, 0.2) is 5.13 Å². The van der Waals surface area contributed by atoms with Gasteiger partial charge >= 0.3 is 5.97 Å². The van der Waals surface area contributed by atoms with Gasteiger partial charge in [0.05, 0.1) is 29.9 Å². The van der Waals surface area contributed by atoms with Gasteiger partial charge in [0.1, 0.15) is 17.4 Å². The highest BCUT2D eigenvalue weighted by molar-refractivity contribution is 7.22. The second kappa shape index (κ2) is 6.72. The van der Waals surface area contributed by atoms with Gasteiger partial charge in [0.25, 0.3) is 0 Å². The van der Waals surface area contributed by atoms with E-state index in [2.05, 4.69) is 16.0 Å². The Morgan fingerprint density at radius 3 is 2.76 bits per heavy atom. The Morgan fingerprint density at radius 2 is 1.96 bits per heavy atom. The van der Waals surface area contributed by atoms with Crippen LogP contribution in [0.3, 0.4) is 0 Å². The standard InChI is InChI=1S/C19H18N2O3S/c1-2-23-16-9-5-3-7-14(16)18(22)24-13-11-21(12-13)19-20-15-8-4-6-10-17(15)25-19/h3-10,13H,2,11-12H2,1H3. The van der Waals surface area contributed by atoms with Crippen molar-refractivity contribution in [3.05, 3.63) is 54.1 Å². The number of thiazole rings is 1. The van der Waals surface area contributed by atoms with Gasteiger partial charge in [-0.15, -0.1) is 0 Å². The number of ether oxygens (including phenoxy) is 2. The van der Waals surface area contributed by atoms with Crippen LogP contribution in [0.25, 0.3) is 10.2 Å². The lowest BCUT2D eigenvalue weighted by Gasteiger charge is -2.38. The maximum Gasteiger partial charge on any atom is 0.342 e. The van der Waals surface area contributed by atoms with Crippen molar-refractivity contribution in [2.24, 2.45) is 0 Å². The van der Waals surface area contributed by atoms with Gasteiger partial charge in [-0.05, 0) is 31.2 Å². The summed E-state index contributed by atoms with van der Waals surface area (Å²) in [4.78, 5) is 19.2. The predicted octanol–water partition coefficient (Wildman–Crippen LogP) is 3.74. The van der Waals surface area contributed by atoms with E-state index >= 15 is 0 Å². The third-order valence-electron chi connectivity index (χ3n) is 4.08. The molecule has 1 aliphatic heterocycles. The van der Waals surface area contributed by atoms with E-state index in [4.69, 9.17) is 9.47 Å². The molecule has 25 heavy (non-hydrogen) atoms. The van der Waals surface area contributed by atoms with Crippen molar-refractivity contribution in [2.75, 3.05) is 24.6 Å². The summed E-state index contributed by atoms with van der Waals surface area (Å²) in [6, 6.07) is 15.3. The van der Waals surface area contributed by atoms with Crippen molar-refractivity contribution in [3.63, 3.8) is 0 Å². The molecule has 0 atom stereocenters. The van der Waals surface area contributed by atoms with Crippen LogP contribution in [0.1, 0.15) is 17.3 Å². The van der Waals surface area contributed by atoms with Crippen LogP contribution in [0.15, 0.2) is 48.5 Å². The zero-order valence-electron chi connectivity index (χ0n) is 13.8. The van der Waals surface area contributed by atoms with E-state index < -0.39 is 0 Å². The predicted molar refractivity (Wildman–Crippen MR) is 98.6 cm³/mol. The molecule has 1 saturated heterocycles. The number of aromatic nitrogens is 1. The molecule has 0 N–H and O–H groups in total. The average Bonchev–Trinajstić information content (AvgIpc) is 3.01. The first-order valence-electron chi connectivity index (χ1n) is 8.28. The van der Waals surface area contributed by atoms with E-state index in [-0.39, 0.29) is 12.1 Å². The monoisotopic (exact) mass is 354 g/mol. The third kappa shape index (κ3) is 3.17. The fraction of sp³-hybridized carbons (Fsp3) is 0.263. The van der Waals surface area contributed by atoms with Crippen LogP contribution in [0.5, 0.6) is 5.75 Å². The molecule has 128 valence electrons. The molecule has 0 bridgehead atoms. The van der Waals surface area contributed by atoms with Crippen molar-refractivity contribution < 1.29 is 14.3 Å². The highest BCUT2D eigenvalue weighted by Crippen LogP contribution is 2.32. The van der Waals surface area contributed by atoms with Crippen molar-refractivity contribution >= 4 is 32.7 Å². The van der Waals surface area contributed by atoms with Crippen molar-refractivity contribution in [2.45, 2.75) is 13.0 Å². The van der Waals surface area contributed by atoms with Gasteiger partial charge in [-0.3, -0.25) is 0 Å². The Morgan fingerprint density at radius 1 is 1.20 bits per heavy atom. The lowest BCUT2D eigenvalue weighted by molar-refractivity contribution is 0.0230. The van der Waals surface area contributed by atoms with E-state index in [0.29, 0.717) is 31.0 Å². The topological polar surface area (TPSA) is 51.7 Å². The molecule has 6 heteroatoms. The molecule has 2 aromatic carbocycles. The quantitative estimate of drug-likeness (QED) is 0.653. The highest BCUT2D eigenvalue weighted by atomic mass is 32.1. The zero-order valence-corrected chi connectivity index (χ0v) is 14.7. The van der Waals surface area contributed by atoms with Crippen LogP contribution in [0.2, 0.25) is 0 Å². The number of fused-ring (bicyclic) bond motifs is 1. The van der Waals surface area contributed by atoms with Crippen molar-refractivity contribution in [3.8, 4) is 5.75 Å². The highest BCUT2D eigenvalue weighted by Gasteiger charge is 2.32. The van der Waals surface area contributed by atoms with E-state index in [1.165, 1.54) is 4.70 Å². The van der Waals surface area contributed by atoms with E-state index in [0.717, 1.165) is 10.6 Å². The average molecular weight is 354 g/mol. The Labute approximate surface area is 149 Å². The van der Waals surface area contributed by atoms with Gasteiger partial charge in [-0.25, -0.2) is 9.78 Å². The minimum Gasteiger partial charge on any atom is -0.493 e. The second-order valence-electron chi connectivity index (χ2n) is 5.83. The molecule has 1 fully saturated rings. The number of rotatable bonds is 5. The van der Waals surface area contributed by atoms with Crippen LogP contribution < -0.4 is 9.64 Å². The molecule has 5 nitrogen and oxygen atoms in total. The summed E-state index contributed by atoms with van der Waals surface area (Å²) in [5, 5.41) is 0.975. The molecule has 0 radical (unpaired) electrons. The molecule has 0 spiro atoms. The molecular formula is C19H18N2O3S. The van der Waals surface area contributed by atoms with E-state index in [1.807, 2.05) is 37.3 Å². The molecule has 4 rings (SSSR count). The van der Waals surface area contributed by atoms with Crippen molar-refractivity contribution in [1.29, 1.82) is 0 Å². The molecule has 0 amide bonds. The summed E-state index contributed by atoms with van der Waals surface area (Å²) in [5.41, 5.74) is 1.48. The molecule has 0 unspecified atom stereocenters. The van der Waals surface area contributed by atoms with Gasteiger partial charge in [0.2, 0.25) is 0 Å². The smallest absolute Gasteiger partial charge is 0.342 e. The number of esters is 1. The lowest BCUT2D eigenvalue weighted by Crippen LogP contribution is -2.53. The minimum atomic E-state index is -0.335. The minimum absolute atomic E-state index is 0.116. The van der Waals surface area contributed by atoms with Crippen molar-refractivity contribution in [1.82, 2.24) is 4.98 Å². The fourth-order valence-corrected chi connectivity index (χ4v) is 3.78. The van der Waals surface area contributed by atoms with Crippen LogP contribution >= 0.6 is 11.3 Å². The summed E-state index contributed by atoms with van der Waals surface area (Å²) in [5.74, 6) is 0.232. The number of carbonyl (C=O) groups is 1. The maximum atomic E-state index is 12.4. The fourth-order valence-electron chi connectivity index (χ4n) is 2.80. The molecule has 2 heterocycles. The van der Waals surface area contributed by atoms with Gasteiger partial charge < -0.3 is 14.4 Å². The van der Waals surface area contributed by atoms with Crippen LogP contribution in [0, 0.1) is 0 Å². The Balaban J connectivity index is 1.39. The van der Waals surface area contributed by atoms with Gasteiger partial charge in [0, 0.05) is 0 Å².